The van der Waals surface area contributed by atoms with Gasteiger partial charge in [0.2, 0.25) is 0 Å². The Hall–Kier alpha value is -2.36. The Morgan fingerprint density at radius 1 is 0.714 bits per heavy atom. The summed E-state index contributed by atoms with van der Waals surface area (Å²) in [6, 6.07) is 8.31. The SMILES string of the molecule is CC(C)c1ncnc(CC(C)c2nnc3ccccc3c2C(C)C)c1C(C)C. The molecule has 1 aromatic carbocycles. The van der Waals surface area contributed by atoms with Crippen LogP contribution in [0.1, 0.15) is 100 Å². The first-order valence-electron chi connectivity index (χ1n) is 10.4. The summed E-state index contributed by atoms with van der Waals surface area (Å²) in [7, 11) is 0. The van der Waals surface area contributed by atoms with E-state index in [-0.39, 0.29) is 5.92 Å². The van der Waals surface area contributed by atoms with Gasteiger partial charge in [0.1, 0.15) is 6.33 Å². The fourth-order valence-electron chi connectivity index (χ4n) is 4.15. The predicted octanol–water partition coefficient (Wildman–Crippen LogP) is 6.14. The van der Waals surface area contributed by atoms with Crippen molar-refractivity contribution in [2.24, 2.45) is 0 Å². The zero-order valence-electron chi connectivity index (χ0n) is 18.2. The third-order valence-corrected chi connectivity index (χ3v) is 5.40. The molecule has 2 aromatic heterocycles. The zero-order valence-corrected chi connectivity index (χ0v) is 18.2. The molecule has 0 bridgehead atoms. The van der Waals surface area contributed by atoms with Gasteiger partial charge in [-0.15, -0.1) is 0 Å². The maximum Gasteiger partial charge on any atom is 0.115 e. The van der Waals surface area contributed by atoms with Gasteiger partial charge in [0.25, 0.3) is 0 Å². The van der Waals surface area contributed by atoms with Gasteiger partial charge in [-0.1, -0.05) is 66.7 Å². The summed E-state index contributed by atoms with van der Waals surface area (Å²) in [5, 5.41) is 10.4. The molecule has 148 valence electrons. The van der Waals surface area contributed by atoms with E-state index in [1.807, 2.05) is 12.1 Å². The number of nitrogens with zero attached hydrogens (tertiary/aromatic N) is 4. The summed E-state index contributed by atoms with van der Waals surface area (Å²) in [4.78, 5) is 9.27. The van der Waals surface area contributed by atoms with Crippen molar-refractivity contribution in [3.63, 3.8) is 0 Å². The first kappa shape index (κ1) is 20.4. The minimum absolute atomic E-state index is 0.238. The molecule has 1 unspecified atom stereocenters. The van der Waals surface area contributed by atoms with E-state index in [2.05, 4.69) is 80.8 Å². The fraction of sp³-hybridized carbons (Fsp3) is 0.500. The van der Waals surface area contributed by atoms with Gasteiger partial charge in [-0.2, -0.15) is 10.2 Å². The van der Waals surface area contributed by atoms with Crippen molar-refractivity contribution in [2.75, 3.05) is 0 Å². The molecule has 3 rings (SSSR count). The molecule has 0 amide bonds. The normalized spacial score (nSPS) is 13.1. The van der Waals surface area contributed by atoms with Crippen molar-refractivity contribution in [3.05, 3.63) is 58.8 Å². The molecule has 0 spiro atoms. The summed E-state index contributed by atoms with van der Waals surface area (Å²) in [6.45, 7) is 15.6. The highest BCUT2D eigenvalue weighted by Crippen LogP contribution is 2.34. The monoisotopic (exact) mass is 376 g/mol. The first-order chi connectivity index (χ1) is 13.3. The van der Waals surface area contributed by atoms with Crippen molar-refractivity contribution in [3.8, 4) is 0 Å². The van der Waals surface area contributed by atoms with E-state index < -0.39 is 0 Å². The van der Waals surface area contributed by atoms with E-state index in [0.29, 0.717) is 17.8 Å². The maximum absolute atomic E-state index is 4.69. The van der Waals surface area contributed by atoms with E-state index in [9.17, 15) is 0 Å². The number of fused-ring (bicyclic) bond motifs is 1. The summed E-state index contributed by atoms with van der Waals surface area (Å²) in [5.74, 6) is 1.41. The van der Waals surface area contributed by atoms with Crippen molar-refractivity contribution >= 4 is 10.9 Å². The second-order valence-corrected chi connectivity index (χ2v) is 8.70. The summed E-state index contributed by atoms with van der Waals surface area (Å²) in [5.41, 5.74) is 6.97. The lowest BCUT2D eigenvalue weighted by atomic mass is 9.86. The van der Waals surface area contributed by atoms with Gasteiger partial charge >= 0.3 is 0 Å². The maximum atomic E-state index is 4.69. The van der Waals surface area contributed by atoms with Gasteiger partial charge in [-0.05, 0) is 41.4 Å². The molecule has 0 aliphatic carbocycles. The second-order valence-electron chi connectivity index (χ2n) is 8.70. The molecule has 0 saturated heterocycles. The third-order valence-electron chi connectivity index (χ3n) is 5.40. The minimum atomic E-state index is 0.238. The number of hydrogen-bond acceptors (Lipinski definition) is 4. The number of rotatable bonds is 6. The largest absolute Gasteiger partial charge is 0.241 e. The Balaban J connectivity index is 2.06. The van der Waals surface area contributed by atoms with E-state index in [0.717, 1.165) is 23.3 Å². The van der Waals surface area contributed by atoms with Gasteiger partial charge < -0.3 is 0 Å². The van der Waals surface area contributed by atoms with Gasteiger partial charge in [-0.3, -0.25) is 0 Å². The second kappa shape index (κ2) is 8.34. The first-order valence-corrected chi connectivity index (χ1v) is 10.4. The molecule has 4 nitrogen and oxygen atoms in total. The highest BCUT2D eigenvalue weighted by atomic mass is 15.1. The van der Waals surface area contributed by atoms with Crippen LogP contribution in [0.25, 0.3) is 10.9 Å². The average Bonchev–Trinajstić information content (AvgIpc) is 2.66. The molecule has 0 aliphatic heterocycles. The zero-order chi connectivity index (χ0) is 20.4. The molecule has 0 radical (unpaired) electrons. The Morgan fingerprint density at radius 3 is 2.04 bits per heavy atom. The Kier molecular flexibility index (Phi) is 6.07. The smallest absolute Gasteiger partial charge is 0.115 e. The van der Waals surface area contributed by atoms with Crippen LogP contribution in [0.2, 0.25) is 0 Å². The molecule has 4 heteroatoms. The molecule has 1 atom stereocenters. The highest BCUT2D eigenvalue weighted by Gasteiger charge is 2.23. The van der Waals surface area contributed by atoms with Crippen LogP contribution in [0, 0.1) is 0 Å². The summed E-state index contributed by atoms with van der Waals surface area (Å²) < 4.78 is 0. The van der Waals surface area contributed by atoms with E-state index in [1.165, 1.54) is 22.2 Å². The van der Waals surface area contributed by atoms with Gasteiger partial charge in [-0.25, -0.2) is 9.97 Å². The summed E-state index contributed by atoms with van der Waals surface area (Å²) in [6.07, 6.45) is 2.57. The predicted molar refractivity (Wildman–Crippen MR) is 116 cm³/mol. The standard InChI is InChI=1S/C24H32N4/c1-14(2)21-18-10-8-9-11-19(18)27-28-24(21)17(7)12-20-22(15(3)4)23(16(5)6)26-13-25-20/h8-11,13-17H,12H2,1-7H3. The highest BCUT2D eigenvalue weighted by molar-refractivity contribution is 5.82. The van der Waals surface area contributed by atoms with Crippen molar-refractivity contribution in [1.82, 2.24) is 20.2 Å². The summed E-state index contributed by atoms with van der Waals surface area (Å²) >= 11 is 0. The van der Waals surface area contributed by atoms with Crippen LogP contribution >= 0.6 is 0 Å². The van der Waals surface area contributed by atoms with Gasteiger partial charge in [0, 0.05) is 22.7 Å². The third kappa shape index (κ3) is 3.91. The van der Waals surface area contributed by atoms with Crippen LogP contribution < -0.4 is 0 Å². The van der Waals surface area contributed by atoms with Crippen LogP contribution in [0.5, 0.6) is 0 Å². The quantitative estimate of drug-likeness (QED) is 0.519. The Bertz CT molecular complexity index is 960. The lowest BCUT2D eigenvalue weighted by Gasteiger charge is -2.22. The topological polar surface area (TPSA) is 51.6 Å². The molecular formula is C24H32N4. The lowest BCUT2D eigenvalue weighted by Crippen LogP contribution is -2.14. The average molecular weight is 377 g/mol. The molecular weight excluding hydrogens is 344 g/mol. The minimum Gasteiger partial charge on any atom is -0.241 e. The molecule has 28 heavy (non-hydrogen) atoms. The number of aromatic nitrogens is 4. The molecule has 0 N–H and O–H groups in total. The van der Waals surface area contributed by atoms with E-state index in [4.69, 9.17) is 0 Å². The van der Waals surface area contributed by atoms with Crippen molar-refractivity contribution < 1.29 is 0 Å². The molecule has 2 heterocycles. The fourth-order valence-corrected chi connectivity index (χ4v) is 4.15. The lowest BCUT2D eigenvalue weighted by molar-refractivity contribution is 0.651. The van der Waals surface area contributed by atoms with Crippen LogP contribution in [0.4, 0.5) is 0 Å². The number of hydrogen-bond donors (Lipinski definition) is 0. The van der Waals surface area contributed by atoms with Crippen LogP contribution in [-0.4, -0.2) is 20.2 Å². The molecule has 3 aromatic rings. The Morgan fingerprint density at radius 2 is 1.39 bits per heavy atom. The van der Waals surface area contributed by atoms with Crippen molar-refractivity contribution in [2.45, 2.75) is 78.6 Å². The van der Waals surface area contributed by atoms with Crippen LogP contribution in [0.3, 0.4) is 0 Å². The van der Waals surface area contributed by atoms with Crippen LogP contribution in [-0.2, 0) is 6.42 Å². The molecule has 0 aliphatic rings. The molecule has 0 saturated carbocycles. The van der Waals surface area contributed by atoms with Crippen LogP contribution in [0.15, 0.2) is 30.6 Å². The van der Waals surface area contributed by atoms with Crippen molar-refractivity contribution in [1.29, 1.82) is 0 Å². The molecule has 0 fully saturated rings. The van der Waals surface area contributed by atoms with E-state index in [1.54, 1.807) is 6.33 Å². The van der Waals surface area contributed by atoms with E-state index >= 15 is 0 Å². The Labute approximate surface area is 168 Å². The van der Waals surface area contributed by atoms with Gasteiger partial charge in [0.05, 0.1) is 11.2 Å². The number of benzene rings is 1. The van der Waals surface area contributed by atoms with Gasteiger partial charge in [0.15, 0.2) is 0 Å².